The van der Waals surface area contributed by atoms with Gasteiger partial charge in [-0.15, -0.1) is 21.5 Å². The Hall–Kier alpha value is -6.63. The molecule has 0 aliphatic carbocycles. The van der Waals surface area contributed by atoms with Crippen LogP contribution in [-0.4, -0.2) is 134 Å². The van der Waals surface area contributed by atoms with Crippen molar-refractivity contribution >= 4 is 40.8 Å². The molecular weight excluding hydrogens is 899 g/mol. The van der Waals surface area contributed by atoms with Crippen LogP contribution >= 0.6 is 11.3 Å². The van der Waals surface area contributed by atoms with Crippen molar-refractivity contribution in [3.63, 3.8) is 0 Å². The Morgan fingerprint density at radius 2 is 1.67 bits per heavy atom. The summed E-state index contributed by atoms with van der Waals surface area (Å²) in [6, 6.07) is 21.9. The van der Waals surface area contributed by atoms with Gasteiger partial charge < -0.3 is 45.9 Å². The monoisotopic (exact) mass is 961 g/mol. The summed E-state index contributed by atoms with van der Waals surface area (Å²) in [6.07, 6.45) is -0.338. The number of rotatable bonds is 18. The topological polar surface area (TPSA) is 226 Å². The molecule has 0 spiro atoms. The summed E-state index contributed by atoms with van der Waals surface area (Å²) in [5.74, 6) is -0.0614. The molecule has 7 rings (SSSR count). The van der Waals surface area contributed by atoms with Crippen molar-refractivity contribution in [2.24, 2.45) is 5.41 Å². The highest BCUT2D eigenvalue weighted by Crippen LogP contribution is 2.32. The molecule has 2 saturated heterocycles. The van der Waals surface area contributed by atoms with Gasteiger partial charge in [0.05, 0.1) is 34.8 Å². The van der Waals surface area contributed by atoms with Gasteiger partial charge in [0.25, 0.3) is 0 Å². The third-order valence-electron chi connectivity index (χ3n) is 12.5. The van der Waals surface area contributed by atoms with Crippen LogP contribution in [-0.2, 0) is 25.6 Å². The van der Waals surface area contributed by atoms with E-state index in [0.29, 0.717) is 69.4 Å². The fourth-order valence-corrected chi connectivity index (χ4v) is 9.34. The van der Waals surface area contributed by atoms with Crippen LogP contribution in [0.15, 0.2) is 84.4 Å². The van der Waals surface area contributed by atoms with E-state index < -0.39 is 35.4 Å². The number of nitrogens with one attached hydrogen (secondary N) is 2. The van der Waals surface area contributed by atoms with Crippen LogP contribution in [0.2, 0.25) is 0 Å². The molecular formula is C51H63N9O8S. The van der Waals surface area contributed by atoms with E-state index in [1.165, 1.54) is 4.90 Å². The van der Waals surface area contributed by atoms with Gasteiger partial charge >= 0.3 is 0 Å². The lowest BCUT2D eigenvalue weighted by Gasteiger charge is -2.36. The number of carbonyl (C=O) groups excluding carboxylic acids is 4. The van der Waals surface area contributed by atoms with E-state index in [0.717, 1.165) is 33.0 Å². The number of aliphatic hydroxyl groups is 1. The molecule has 4 amide bonds. The van der Waals surface area contributed by atoms with Crippen LogP contribution in [0.4, 0.5) is 5.82 Å². The van der Waals surface area contributed by atoms with Gasteiger partial charge in [0.2, 0.25) is 23.6 Å². The number of phenols is 1. The fraction of sp³-hybridized carbons (Fsp3) is 0.431. The molecule has 366 valence electrons. The summed E-state index contributed by atoms with van der Waals surface area (Å²) in [4.78, 5) is 65.3. The van der Waals surface area contributed by atoms with E-state index >= 15 is 0 Å². The number of hydrogen-bond acceptors (Lipinski definition) is 14. The zero-order valence-corrected chi connectivity index (χ0v) is 40.7. The van der Waals surface area contributed by atoms with Gasteiger partial charge in [-0.1, -0.05) is 69.3 Å². The lowest BCUT2D eigenvalue weighted by atomic mass is 9.85. The maximum atomic E-state index is 14.2. The molecule has 2 aliphatic rings. The maximum Gasteiger partial charge on any atom is 0.246 e. The maximum absolute atomic E-state index is 14.2. The first-order chi connectivity index (χ1) is 33.0. The number of hydrogen-bond donors (Lipinski definition) is 5. The Balaban J connectivity index is 0.819. The minimum Gasteiger partial charge on any atom is -0.507 e. The molecule has 6 N–H and O–H groups in total. The molecule has 3 aromatic carbocycles. The molecule has 2 aliphatic heterocycles. The quantitative estimate of drug-likeness (QED) is 0.0767. The minimum absolute atomic E-state index is 0.0103. The Bertz CT molecular complexity index is 2580. The summed E-state index contributed by atoms with van der Waals surface area (Å²) in [5, 5.41) is 34.9. The summed E-state index contributed by atoms with van der Waals surface area (Å²) in [7, 11) is 0. The molecule has 0 saturated carbocycles. The molecule has 0 radical (unpaired) electrons. The summed E-state index contributed by atoms with van der Waals surface area (Å²) in [6.45, 7) is 13.1. The number of nitrogen functional groups attached to an aromatic ring is 1. The second kappa shape index (κ2) is 22.7. The van der Waals surface area contributed by atoms with Gasteiger partial charge in [0.1, 0.15) is 35.9 Å². The van der Waals surface area contributed by atoms with E-state index in [4.69, 9.17) is 15.2 Å². The molecule has 0 bridgehead atoms. The summed E-state index contributed by atoms with van der Waals surface area (Å²) < 4.78 is 12.0. The normalized spacial score (nSPS) is 17.2. The third kappa shape index (κ3) is 13.1. The Labute approximate surface area is 407 Å². The van der Waals surface area contributed by atoms with Crippen LogP contribution in [0.3, 0.4) is 0 Å². The van der Waals surface area contributed by atoms with Crippen molar-refractivity contribution in [3.05, 3.63) is 101 Å². The number of piperazine rings is 1. The van der Waals surface area contributed by atoms with Crippen LogP contribution < -0.4 is 25.8 Å². The molecule has 2 unspecified atom stereocenters. The number of likely N-dealkylation sites (tertiary alicyclic amines) is 1. The number of carbonyl (C=O) groups is 4. The number of aromatic nitrogens is 3. The highest BCUT2D eigenvalue weighted by atomic mass is 32.1. The molecule has 69 heavy (non-hydrogen) atoms. The molecule has 4 atom stereocenters. The number of anilines is 1. The van der Waals surface area contributed by atoms with Crippen molar-refractivity contribution < 1.29 is 38.9 Å². The van der Waals surface area contributed by atoms with Gasteiger partial charge in [-0.05, 0) is 60.2 Å². The number of aryl methyl sites for hydroxylation is 1. The third-order valence-corrected chi connectivity index (χ3v) is 13.5. The zero-order valence-electron chi connectivity index (χ0n) is 39.9. The lowest BCUT2D eigenvalue weighted by Crippen LogP contribution is -2.58. The van der Waals surface area contributed by atoms with Gasteiger partial charge in [-0.3, -0.25) is 24.1 Å². The Morgan fingerprint density at radius 1 is 0.913 bits per heavy atom. The van der Waals surface area contributed by atoms with Crippen molar-refractivity contribution in [2.75, 3.05) is 58.2 Å². The van der Waals surface area contributed by atoms with Gasteiger partial charge in [-0.25, -0.2) is 4.98 Å². The van der Waals surface area contributed by atoms with E-state index in [-0.39, 0.29) is 55.2 Å². The van der Waals surface area contributed by atoms with Crippen molar-refractivity contribution in [1.29, 1.82) is 0 Å². The largest absolute Gasteiger partial charge is 0.507 e. The SMILES string of the molecule is Cc1ncsc1-c1ccc(C(C)NC(=O)[C@@H]2C[C@@H](O)CN2C(=O)C(NC(=O)CCC(=O)N2CCN(CCOc3cccc(CCOc4cc(-c5ccccc5O)nnc4N)c3)CC2)C(C)(C)C)cc1. The number of thiazole rings is 1. The second-order valence-electron chi connectivity index (χ2n) is 18.7. The predicted molar refractivity (Wildman–Crippen MR) is 263 cm³/mol. The van der Waals surface area contributed by atoms with Gasteiger partial charge in [-0.2, -0.15) is 0 Å². The van der Waals surface area contributed by atoms with Crippen LogP contribution in [0.25, 0.3) is 21.7 Å². The Kier molecular flexibility index (Phi) is 16.5. The molecule has 17 nitrogen and oxygen atoms in total. The second-order valence-corrected chi connectivity index (χ2v) is 19.5. The Morgan fingerprint density at radius 3 is 2.38 bits per heavy atom. The molecule has 2 fully saturated rings. The molecule has 18 heteroatoms. The number of nitrogens with two attached hydrogens (primary N) is 1. The molecule has 5 aromatic rings. The first-order valence-electron chi connectivity index (χ1n) is 23.4. The zero-order chi connectivity index (χ0) is 49.2. The van der Waals surface area contributed by atoms with Crippen molar-refractivity contribution in [2.45, 2.75) is 84.5 Å². The smallest absolute Gasteiger partial charge is 0.246 e. The van der Waals surface area contributed by atoms with E-state index in [2.05, 4.69) is 30.7 Å². The van der Waals surface area contributed by atoms with Crippen LogP contribution in [0, 0.1) is 12.3 Å². The average Bonchev–Trinajstić information content (AvgIpc) is 3.95. The number of nitrogens with zero attached hydrogens (tertiary/aromatic N) is 6. The number of ether oxygens (including phenoxy) is 2. The van der Waals surface area contributed by atoms with Crippen molar-refractivity contribution in [1.82, 2.24) is 40.5 Å². The standard InChI is InChI=1S/C51H63N9O8S/c1-32(35-13-15-36(16-14-35)46-33(2)53-31-69-46)54-49(65)41-28-37(61)30-60(41)50(66)47(51(3,4)5)55-44(63)17-18-45(64)59-22-20-58(21-23-59)24-26-67-38-10-8-9-34(27-38)19-25-68-43-29-40(56-57-48(43)52)39-11-6-7-12-42(39)62/h6-16,27,29,31-32,37,41,47,61-62H,17-26,28,30H2,1-5H3,(H2,52,57)(H,54,65)(H,55,63)/t32?,37-,41+,47?/m1/s1. The number of phenolic OH excluding ortho intramolecular Hbond substituents is 1. The first-order valence-corrected chi connectivity index (χ1v) is 24.3. The van der Waals surface area contributed by atoms with E-state index in [1.54, 1.807) is 46.6 Å². The van der Waals surface area contributed by atoms with Gasteiger partial charge in [0, 0.05) is 76.6 Å². The van der Waals surface area contributed by atoms with Crippen LogP contribution in [0.1, 0.15) is 69.8 Å². The average molecular weight is 962 g/mol. The molecule has 4 heterocycles. The van der Waals surface area contributed by atoms with Crippen LogP contribution in [0.5, 0.6) is 17.2 Å². The number of para-hydroxylation sites is 1. The minimum atomic E-state index is -0.995. The lowest BCUT2D eigenvalue weighted by molar-refractivity contribution is -0.144. The number of amides is 4. The van der Waals surface area contributed by atoms with Crippen molar-refractivity contribution in [3.8, 4) is 38.9 Å². The number of benzene rings is 3. The number of aliphatic hydroxyl groups excluding tert-OH is 1. The van der Waals surface area contributed by atoms with E-state index in [1.807, 2.05) is 88.7 Å². The highest BCUT2D eigenvalue weighted by Gasteiger charge is 2.44. The fourth-order valence-electron chi connectivity index (χ4n) is 8.53. The number of aromatic hydroxyl groups is 1. The number of β-amino-alcohol motifs (C(OH)–C–C–N with tert-alkyl or cyclic N) is 1. The first kappa shape index (κ1) is 50.3. The molecule has 2 aromatic heterocycles. The predicted octanol–water partition coefficient (Wildman–Crippen LogP) is 5.16. The highest BCUT2D eigenvalue weighted by molar-refractivity contribution is 7.13. The summed E-state index contributed by atoms with van der Waals surface area (Å²) in [5.41, 5.74) is 12.0. The van der Waals surface area contributed by atoms with Gasteiger partial charge in [0.15, 0.2) is 11.6 Å². The summed E-state index contributed by atoms with van der Waals surface area (Å²) >= 11 is 1.57. The van der Waals surface area contributed by atoms with E-state index in [9.17, 15) is 29.4 Å².